The Hall–Kier alpha value is -2.04. The van der Waals surface area contributed by atoms with Crippen LogP contribution in [0.5, 0.6) is 0 Å². The van der Waals surface area contributed by atoms with Crippen LogP contribution in [0.25, 0.3) is 11.5 Å². The van der Waals surface area contributed by atoms with E-state index in [1.165, 1.54) is 30.3 Å². The van der Waals surface area contributed by atoms with E-state index in [0.29, 0.717) is 23.6 Å². The number of nitrogens with one attached hydrogen (secondary N) is 1. The summed E-state index contributed by atoms with van der Waals surface area (Å²) in [4.78, 5) is 22.8. The Balaban J connectivity index is 1.76. The molecule has 3 rings (SSSR count). The summed E-state index contributed by atoms with van der Waals surface area (Å²) in [6.45, 7) is 5.23. The molecule has 0 unspecified atom stereocenters. The van der Waals surface area contributed by atoms with Gasteiger partial charge in [-0.1, -0.05) is 18.5 Å². The quantitative estimate of drug-likeness (QED) is 0.686. The summed E-state index contributed by atoms with van der Waals surface area (Å²) in [5.74, 6) is -1.78. The molecular weight excluding hydrogens is 435 g/mol. The molecule has 1 fully saturated rings. The number of piperidine rings is 1. The molecule has 2 aromatic rings. The molecule has 0 spiro atoms. The Morgan fingerprint density at radius 2 is 2.13 bits per heavy atom. The molecule has 0 aromatic carbocycles. The Labute approximate surface area is 179 Å². The third-order valence-corrected chi connectivity index (χ3v) is 7.90. The number of sulfonamides is 1. The van der Waals surface area contributed by atoms with Gasteiger partial charge in [-0.3, -0.25) is 4.79 Å². The van der Waals surface area contributed by atoms with Gasteiger partial charge in [-0.25, -0.2) is 27.1 Å². The highest BCUT2D eigenvalue weighted by atomic mass is 35.5. The zero-order chi connectivity index (χ0) is 22.3. The van der Waals surface area contributed by atoms with E-state index in [-0.39, 0.29) is 30.1 Å². The van der Waals surface area contributed by atoms with Crippen molar-refractivity contribution in [2.45, 2.75) is 33.1 Å². The molecule has 0 bridgehead atoms. The number of hydrogen-bond donors (Lipinski definition) is 2. The number of carboxylic acid groups (broad SMARTS) is 1. The monoisotopic (exact) mass is 458 g/mol. The summed E-state index contributed by atoms with van der Waals surface area (Å²) in [5.41, 5.74) is -0.232. The molecule has 8 nitrogen and oxygen atoms in total. The highest BCUT2D eigenvalue weighted by Gasteiger charge is 2.40. The van der Waals surface area contributed by atoms with Gasteiger partial charge in [0.15, 0.2) is 11.0 Å². The van der Waals surface area contributed by atoms with Crippen LogP contribution < -0.4 is 0 Å². The van der Waals surface area contributed by atoms with E-state index < -0.39 is 33.0 Å². The van der Waals surface area contributed by atoms with Gasteiger partial charge in [-0.15, -0.1) is 0 Å². The summed E-state index contributed by atoms with van der Waals surface area (Å²) in [6.07, 6.45) is 1.60. The number of rotatable bonds is 6. The third-order valence-electron chi connectivity index (χ3n) is 5.41. The molecule has 0 aliphatic carbocycles. The van der Waals surface area contributed by atoms with Crippen LogP contribution in [0.2, 0.25) is 5.15 Å². The van der Waals surface area contributed by atoms with Crippen LogP contribution in [0, 0.1) is 17.2 Å². The molecule has 1 aliphatic heterocycles. The fraction of sp³-hybridized carbons (Fsp3) is 0.526. The maximum atomic E-state index is 13.1. The van der Waals surface area contributed by atoms with Crippen molar-refractivity contribution in [3.05, 3.63) is 35.0 Å². The van der Waals surface area contributed by atoms with Crippen molar-refractivity contribution >= 4 is 27.6 Å². The van der Waals surface area contributed by atoms with Crippen molar-refractivity contribution in [3.8, 4) is 11.5 Å². The normalized spacial score (nSPS) is 21.0. The van der Waals surface area contributed by atoms with Crippen LogP contribution >= 0.6 is 11.6 Å². The number of imidazole rings is 1. The number of pyridine rings is 1. The minimum Gasteiger partial charge on any atom is -0.481 e. The van der Waals surface area contributed by atoms with Gasteiger partial charge in [0.2, 0.25) is 10.0 Å². The highest BCUT2D eigenvalue weighted by molar-refractivity contribution is 7.89. The fourth-order valence-electron chi connectivity index (χ4n) is 3.65. The minimum absolute atomic E-state index is 0.0573. The lowest BCUT2D eigenvalue weighted by Crippen LogP contribution is -2.46. The van der Waals surface area contributed by atoms with Gasteiger partial charge in [0.1, 0.15) is 11.5 Å². The lowest BCUT2D eigenvalue weighted by molar-refractivity contribution is -0.145. The van der Waals surface area contributed by atoms with Crippen molar-refractivity contribution in [1.82, 2.24) is 19.3 Å². The van der Waals surface area contributed by atoms with Crippen molar-refractivity contribution in [2.24, 2.45) is 11.3 Å². The van der Waals surface area contributed by atoms with Crippen molar-refractivity contribution in [2.75, 3.05) is 18.8 Å². The van der Waals surface area contributed by atoms with E-state index in [0.717, 1.165) is 6.20 Å². The second kappa shape index (κ2) is 8.24. The summed E-state index contributed by atoms with van der Waals surface area (Å²) < 4.78 is 40.0. The molecule has 1 saturated heterocycles. The first-order valence-electron chi connectivity index (χ1n) is 9.49. The molecule has 2 N–H and O–H groups in total. The molecule has 1 aliphatic rings. The number of carbonyl (C=O) groups is 1. The Morgan fingerprint density at radius 3 is 2.70 bits per heavy atom. The molecule has 0 saturated carbocycles. The van der Waals surface area contributed by atoms with Gasteiger partial charge in [-0.2, -0.15) is 0 Å². The maximum Gasteiger partial charge on any atom is 0.310 e. The number of aromatic amines is 1. The van der Waals surface area contributed by atoms with Crippen LogP contribution in [0.1, 0.15) is 38.8 Å². The summed E-state index contributed by atoms with van der Waals surface area (Å²) in [6, 6.07) is 2.78. The zero-order valence-electron chi connectivity index (χ0n) is 16.9. The lowest BCUT2D eigenvalue weighted by atomic mass is 9.86. The highest BCUT2D eigenvalue weighted by Crippen LogP contribution is 2.37. The number of H-pyrrole nitrogens is 1. The molecule has 0 amide bonds. The minimum atomic E-state index is -3.73. The molecular formula is C19H24ClFN4O4S. The smallest absolute Gasteiger partial charge is 0.310 e. The molecule has 3 heterocycles. The van der Waals surface area contributed by atoms with Crippen molar-refractivity contribution in [3.63, 3.8) is 0 Å². The first kappa shape index (κ1) is 22.6. The first-order chi connectivity index (χ1) is 13.9. The van der Waals surface area contributed by atoms with Gasteiger partial charge in [0, 0.05) is 19.0 Å². The van der Waals surface area contributed by atoms with Crippen LogP contribution in [0.4, 0.5) is 4.39 Å². The van der Waals surface area contributed by atoms with Gasteiger partial charge >= 0.3 is 5.97 Å². The van der Waals surface area contributed by atoms with E-state index in [1.54, 1.807) is 0 Å². The van der Waals surface area contributed by atoms with Gasteiger partial charge in [-0.05, 0) is 38.3 Å². The number of aliphatic carboxylic acids is 1. The Kier molecular flexibility index (Phi) is 6.22. The van der Waals surface area contributed by atoms with Crippen molar-refractivity contribution in [1.29, 1.82) is 0 Å². The van der Waals surface area contributed by atoms with E-state index in [9.17, 15) is 22.7 Å². The maximum absolute atomic E-state index is 13.1. The fourth-order valence-corrected chi connectivity index (χ4v) is 5.98. The van der Waals surface area contributed by atoms with Gasteiger partial charge < -0.3 is 10.1 Å². The van der Waals surface area contributed by atoms with Crippen LogP contribution in [0.15, 0.2) is 18.3 Å². The third kappa shape index (κ3) is 4.65. The van der Waals surface area contributed by atoms with Gasteiger partial charge in [0.05, 0.1) is 23.1 Å². The SMILES string of the molecule is C[C@H]1CN(S(=O)(=O)CC(C)(C)C(=O)O)CC[C@H]1c1[nH]c(-c2ccc(F)cn2)nc1Cl. The topological polar surface area (TPSA) is 116 Å². The number of aromatic nitrogens is 3. The Bertz CT molecular complexity index is 1040. The average molecular weight is 459 g/mol. The summed E-state index contributed by atoms with van der Waals surface area (Å²) in [7, 11) is -3.73. The number of carboxylic acids is 1. The van der Waals surface area contributed by atoms with E-state index in [1.807, 2.05) is 6.92 Å². The molecule has 2 atom stereocenters. The van der Waals surface area contributed by atoms with E-state index >= 15 is 0 Å². The summed E-state index contributed by atoms with van der Waals surface area (Å²) in [5, 5.41) is 9.53. The number of nitrogens with zero attached hydrogens (tertiary/aromatic N) is 3. The molecule has 11 heteroatoms. The number of halogens is 2. The molecule has 0 radical (unpaired) electrons. The molecule has 164 valence electrons. The van der Waals surface area contributed by atoms with Crippen molar-refractivity contribution < 1.29 is 22.7 Å². The standard InChI is InChI=1S/C19H24ClFN4O4S/c1-11-9-25(30(28,29)10-19(2,3)18(26)27)7-6-13(11)15-16(20)24-17(23-15)14-5-4-12(21)8-22-14/h4-5,8,11,13H,6-7,9-10H2,1-3H3,(H,23,24)(H,26,27)/t11-,13+/m0/s1. The van der Waals surface area contributed by atoms with E-state index in [4.69, 9.17) is 11.6 Å². The summed E-state index contributed by atoms with van der Waals surface area (Å²) >= 11 is 6.33. The van der Waals surface area contributed by atoms with Crippen LogP contribution in [0.3, 0.4) is 0 Å². The second-order valence-corrected chi connectivity index (χ2v) is 10.7. The second-order valence-electron chi connectivity index (χ2n) is 8.33. The predicted molar refractivity (Wildman–Crippen MR) is 110 cm³/mol. The van der Waals surface area contributed by atoms with Crippen LogP contribution in [-0.2, 0) is 14.8 Å². The van der Waals surface area contributed by atoms with Gasteiger partial charge in [0.25, 0.3) is 0 Å². The first-order valence-corrected chi connectivity index (χ1v) is 11.5. The average Bonchev–Trinajstić information content (AvgIpc) is 3.02. The predicted octanol–water partition coefficient (Wildman–Crippen LogP) is 3.13. The zero-order valence-corrected chi connectivity index (χ0v) is 18.5. The molecule has 2 aromatic heterocycles. The lowest BCUT2D eigenvalue weighted by Gasteiger charge is -2.36. The van der Waals surface area contributed by atoms with Crippen LogP contribution in [-0.4, -0.2) is 57.6 Å². The Morgan fingerprint density at radius 1 is 1.43 bits per heavy atom. The number of hydrogen-bond acceptors (Lipinski definition) is 5. The largest absolute Gasteiger partial charge is 0.481 e. The van der Waals surface area contributed by atoms with E-state index in [2.05, 4.69) is 15.0 Å². The molecule has 30 heavy (non-hydrogen) atoms.